The summed E-state index contributed by atoms with van der Waals surface area (Å²) in [5, 5.41) is 11.0. The molecule has 0 amide bonds. The summed E-state index contributed by atoms with van der Waals surface area (Å²) in [7, 11) is 0. The highest BCUT2D eigenvalue weighted by Gasteiger charge is 2.36. The maximum Gasteiger partial charge on any atom is 0.305 e. The molecule has 0 bridgehead atoms. The van der Waals surface area contributed by atoms with Gasteiger partial charge in [0.25, 0.3) is 0 Å². The fourth-order valence-corrected chi connectivity index (χ4v) is 5.59. The first-order chi connectivity index (χ1) is 13.3. The number of carbonyl (C=O) groups is 2. The summed E-state index contributed by atoms with van der Waals surface area (Å²) >= 11 is 1.78. The molecule has 0 aliphatic heterocycles. The minimum atomic E-state index is -0.334. The molecule has 1 N–H and O–H groups in total. The Labute approximate surface area is 176 Å². The summed E-state index contributed by atoms with van der Waals surface area (Å²) in [6.45, 7) is 8.79. The molecule has 3 unspecified atom stereocenters. The molecule has 0 saturated heterocycles. The van der Waals surface area contributed by atoms with E-state index >= 15 is 0 Å². The quantitative estimate of drug-likeness (QED) is 0.281. The summed E-state index contributed by atoms with van der Waals surface area (Å²) in [4.78, 5) is 23.7. The van der Waals surface area contributed by atoms with Crippen molar-refractivity contribution in [2.45, 2.75) is 110 Å². The van der Waals surface area contributed by atoms with Crippen LogP contribution >= 0.6 is 11.8 Å². The Hall–Kier alpha value is -0.550. The molecule has 1 aliphatic rings. The number of carbonyl (C=O) groups excluding carboxylic acids is 2. The van der Waals surface area contributed by atoms with Crippen LogP contribution in [-0.4, -0.2) is 40.6 Å². The molecule has 4 nitrogen and oxygen atoms in total. The average molecular weight is 415 g/mol. The van der Waals surface area contributed by atoms with E-state index in [0.29, 0.717) is 36.2 Å². The first-order valence-electron chi connectivity index (χ1n) is 11.3. The molecule has 0 radical (unpaired) electrons. The molecule has 1 fully saturated rings. The third-order valence-electron chi connectivity index (χ3n) is 6.03. The lowest BCUT2D eigenvalue weighted by atomic mass is 9.82. The van der Waals surface area contributed by atoms with Gasteiger partial charge in [-0.2, -0.15) is 11.8 Å². The maximum atomic E-state index is 12.3. The molecular weight excluding hydrogens is 372 g/mol. The van der Waals surface area contributed by atoms with Gasteiger partial charge in [0.2, 0.25) is 0 Å². The lowest BCUT2D eigenvalue weighted by Gasteiger charge is -2.31. The number of esters is 1. The molecule has 0 heterocycles. The van der Waals surface area contributed by atoms with Crippen LogP contribution in [0.3, 0.4) is 0 Å². The third-order valence-corrected chi connectivity index (χ3v) is 7.53. The van der Waals surface area contributed by atoms with Gasteiger partial charge in [-0.3, -0.25) is 9.59 Å². The van der Waals surface area contributed by atoms with Gasteiger partial charge < -0.3 is 9.84 Å². The Morgan fingerprint density at radius 3 is 2.64 bits per heavy atom. The van der Waals surface area contributed by atoms with Crippen LogP contribution < -0.4 is 0 Å². The lowest BCUT2D eigenvalue weighted by Crippen LogP contribution is -2.32. The van der Waals surface area contributed by atoms with E-state index in [9.17, 15) is 14.7 Å². The zero-order chi connectivity index (χ0) is 21.0. The van der Waals surface area contributed by atoms with E-state index in [0.717, 1.165) is 32.1 Å². The summed E-state index contributed by atoms with van der Waals surface area (Å²) in [5.41, 5.74) is -0.0709. The predicted octanol–water partition coefficient (Wildman–Crippen LogP) is 5.55. The van der Waals surface area contributed by atoms with Crippen LogP contribution in [0.25, 0.3) is 0 Å². The van der Waals surface area contributed by atoms with Crippen LogP contribution in [0.1, 0.15) is 98.3 Å². The summed E-state index contributed by atoms with van der Waals surface area (Å²) in [6, 6.07) is 0. The molecule has 5 heteroatoms. The number of rotatable bonds is 15. The van der Waals surface area contributed by atoms with Crippen molar-refractivity contribution < 1.29 is 19.4 Å². The minimum Gasteiger partial charge on any atom is -0.466 e. The molecule has 28 heavy (non-hydrogen) atoms. The molecule has 1 rings (SSSR count). The second-order valence-corrected chi connectivity index (χ2v) is 10.1. The van der Waals surface area contributed by atoms with Gasteiger partial charge in [-0.15, -0.1) is 0 Å². The normalized spacial score (nSPS) is 21.1. The molecule has 1 aliphatic carbocycles. The second-order valence-electron chi connectivity index (χ2n) is 8.85. The minimum absolute atomic E-state index is 0.0709. The molecule has 0 aromatic heterocycles. The van der Waals surface area contributed by atoms with Crippen molar-refractivity contribution >= 4 is 23.5 Å². The number of thioether (sulfide) groups is 1. The number of aliphatic hydroxyl groups excluding tert-OH is 1. The topological polar surface area (TPSA) is 63.6 Å². The molecule has 1 saturated carbocycles. The highest BCUT2D eigenvalue weighted by atomic mass is 32.2. The number of hydrogen-bond acceptors (Lipinski definition) is 5. The number of aliphatic hydroxyl groups is 1. The Morgan fingerprint density at radius 1 is 1.21 bits per heavy atom. The lowest BCUT2D eigenvalue weighted by molar-refractivity contribution is -0.143. The van der Waals surface area contributed by atoms with Crippen LogP contribution in [0.4, 0.5) is 0 Å². The fourth-order valence-electron chi connectivity index (χ4n) is 3.91. The van der Waals surface area contributed by atoms with Crippen molar-refractivity contribution in [2.24, 2.45) is 11.3 Å². The first kappa shape index (κ1) is 25.5. The second kappa shape index (κ2) is 13.6. The van der Waals surface area contributed by atoms with Crippen LogP contribution in [0, 0.1) is 11.3 Å². The zero-order valence-electron chi connectivity index (χ0n) is 18.5. The number of ketones is 1. The number of Topliss-reactive ketones (excluding diaryl/α,β-unsaturated/α-hetero) is 1. The smallest absolute Gasteiger partial charge is 0.305 e. The van der Waals surface area contributed by atoms with E-state index < -0.39 is 0 Å². The van der Waals surface area contributed by atoms with E-state index in [-0.39, 0.29) is 23.4 Å². The van der Waals surface area contributed by atoms with Crippen molar-refractivity contribution in [3.05, 3.63) is 0 Å². The Kier molecular flexibility index (Phi) is 12.4. The van der Waals surface area contributed by atoms with Crippen LogP contribution in [0.5, 0.6) is 0 Å². The fraction of sp³-hybridized carbons (Fsp3) is 0.913. The van der Waals surface area contributed by atoms with E-state index in [1.54, 1.807) is 11.8 Å². The molecule has 0 aromatic carbocycles. The molecular formula is C23H42O4S. The summed E-state index contributed by atoms with van der Waals surface area (Å²) < 4.78 is 4.96. The van der Waals surface area contributed by atoms with Crippen molar-refractivity contribution in [1.82, 2.24) is 0 Å². The van der Waals surface area contributed by atoms with E-state index in [1.165, 1.54) is 25.7 Å². The van der Waals surface area contributed by atoms with Gasteiger partial charge in [-0.1, -0.05) is 52.9 Å². The maximum absolute atomic E-state index is 12.3. The Balaban J connectivity index is 2.36. The van der Waals surface area contributed by atoms with Crippen molar-refractivity contribution in [3.63, 3.8) is 0 Å². The van der Waals surface area contributed by atoms with Crippen LogP contribution in [0.2, 0.25) is 0 Å². The van der Waals surface area contributed by atoms with Gasteiger partial charge in [-0.05, 0) is 38.0 Å². The summed E-state index contributed by atoms with van der Waals surface area (Å²) in [6.07, 6.45) is 10.2. The van der Waals surface area contributed by atoms with Gasteiger partial charge in [-0.25, -0.2) is 0 Å². The third kappa shape index (κ3) is 9.30. The van der Waals surface area contributed by atoms with E-state index in [2.05, 4.69) is 20.8 Å². The van der Waals surface area contributed by atoms with Gasteiger partial charge in [0.15, 0.2) is 0 Å². The standard InChI is InChI=1S/C23H42O4S/c1-5-7-8-11-16-23(3,4)21(25)17-28-20-15-14-19(24)18(20)12-9-10-13-22(26)27-6-2/h18,20-21,25H,5-17H2,1-4H3. The van der Waals surface area contributed by atoms with Crippen molar-refractivity contribution in [2.75, 3.05) is 12.4 Å². The first-order valence-corrected chi connectivity index (χ1v) is 12.3. The van der Waals surface area contributed by atoms with Gasteiger partial charge in [0.1, 0.15) is 5.78 Å². The van der Waals surface area contributed by atoms with Gasteiger partial charge in [0, 0.05) is 29.8 Å². The van der Waals surface area contributed by atoms with Crippen molar-refractivity contribution in [1.29, 1.82) is 0 Å². The van der Waals surface area contributed by atoms with Gasteiger partial charge >= 0.3 is 5.97 Å². The number of hydrogen-bond donors (Lipinski definition) is 1. The van der Waals surface area contributed by atoms with Crippen molar-refractivity contribution in [3.8, 4) is 0 Å². The summed E-state index contributed by atoms with van der Waals surface area (Å²) in [5.74, 6) is 1.02. The molecule has 0 spiro atoms. The monoisotopic (exact) mass is 414 g/mol. The SMILES string of the molecule is CCCCCCC(C)(C)C(O)CSC1CCC(=O)C1CCCCC(=O)OCC. The Bertz CT molecular complexity index is 464. The average Bonchev–Trinajstić information content (AvgIpc) is 3.00. The zero-order valence-corrected chi connectivity index (χ0v) is 19.3. The Morgan fingerprint density at radius 2 is 1.96 bits per heavy atom. The largest absolute Gasteiger partial charge is 0.466 e. The molecule has 0 aromatic rings. The van der Waals surface area contributed by atoms with Crippen LogP contribution in [-0.2, 0) is 14.3 Å². The van der Waals surface area contributed by atoms with E-state index in [4.69, 9.17) is 4.74 Å². The highest BCUT2D eigenvalue weighted by molar-refractivity contribution is 8.00. The number of unbranched alkanes of at least 4 members (excludes halogenated alkanes) is 4. The molecule has 3 atom stereocenters. The van der Waals surface area contributed by atoms with Crippen LogP contribution in [0.15, 0.2) is 0 Å². The molecule has 164 valence electrons. The van der Waals surface area contributed by atoms with Gasteiger partial charge in [0.05, 0.1) is 12.7 Å². The predicted molar refractivity (Wildman–Crippen MR) is 118 cm³/mol. The van der Waals surface area contributed by atoms with E-state index in [1.807, 2.05) is 6.92 Å². The number of ether oxygens (including phenoxy) is 1. The highest BCUT2D eigenvalue weighted by Crippen LogP contribution is 2.38.